The Labute approximate surface area is 245 Å². The summed E-state index contributed by atoms with van der Waals surface area (Å²) in [5, 5.41) is 20.4. The highest BCUT2D eigenvalue weighted by molar-refractivity contribution is 6.07. The Morgan fingerprint density at radius 3 is 2.64 bits per heavy atom. The Morgan fingerprint density at radius 1 is 1.17 bits per heavy atom. The first kappa shape index (κ1) is 27.7. The molecule has 3 aromatic rings. The van der Waals surface area contributed by atoms with Crippen LogP contribution in [0.5, 0.6) is 0 Å². The normalized spacial score (nSPS) is 22.8. The number of carbonyl (C=O) groups excluding carboxylic acids is 3. The van der Waals surface area contributed by atoms with Gasteiger partial charge in [0.15, 0.2) is 0 Å². The molecule has 0 bridgehead atoms. The van der Waals surface area contributed by atoms with Gasteiger partial charge in [-0.1, -0.05) is 57.2 Å². The highest BCUT2D eigenvalue weighted by Gasteiger charge is 2.56. The summed E-state index contributed by atoms with van der Waals surface area (Å²) >= 11 is 0. The molecule has 1 aromatic heterocycles. The van der Waals surface area contributed by atoms with Crippen LogP contribution in [0.2, 0.25) is 0 Å². The van der Waals surface area contributed by atoms with E-state index < -0.39 is 23.5 Å². The molecule has 2 aromatic carbocycles. The average molecular weight is 565 g/mol. The lowest BCUT2D eigenvalue weighted by molar-refractivity contribution is -0.138. The fraction of sp³-hybridized carbons (Fsp3) is 0.424. The fourth-order valence-corrected chi connectivity index (χ4v) is 6.42. The fourth-order valence-electron chi connectivity index (χ4n) is 6.42. The predicted molar refractivity (Wildman–Crippen MR) is 160 cm³/mol. The maximum atomic E-state index is 14.2. The summed E-state index contributed by atoms with van der Waals surface area (Å²) in [6.07, 6.45) is 4.17. The van der Waals surface area contributed by atoms with Crippen molar-refractivity contribution in [3.8, 4) is 6.07 Å². The number of pyridine rings is 1. The van der Waals surface area contributed by atoms with Crippen LogP contribution >= 0.6 is 0 Å². The number of nitrogens with one attached hydrogen (secondary N) is 3. The number of anilines is 2. The van der Waals surface area contributed by atoms with Crippen LogP contribution in [0.3, 0.4) is 0 Å². The average Bonchev–Trinajstić information content (AvgIpc) is 3.67. The van der Waals surface area contributed by atoms with E-state index in [9.17, 15) is 19.6 Å². The third kappa shape index (κ3) is 5.18. The highest BCUT2D eigenvalue weighted by atomic mass is 16.2. The lowest BCUT2D eigenvalue weighted by atomic mass is 9.80. The molecular weight excluding hydrogens is 528 g/mol. The van der Waals surface area contributed by atoms with E-state index in [1.54, 1.807) is 6.20 Å². The van der Waals surface area contributed by atoms with Crippen LogP contribution in [0.1, 0.15) is 52.0 Å². The van der Waals surface area contributed by atoms with Crippen LogP contribution in [0.4, 0.5) is 11.4 Å². The molecule has 3 amide bonds. The molecule has 4 atom stereocenters. The molecule has 9 nitrogen and oxygen atoms in total. The number of hydrogen-bond acceptors (Lipinski definition) is 6. The SMILES string of the molecule is CC(C)(C)C[C@H](NC(=O)[C@@H](Nc1cnc2ccccc2c1)C1CC1)C(=O)N1C[C@]2(C[C@H]1C#N)C(=O)Nc1ccccc12. The van der Waals surface area contributed by atoms with E-state index in [2.05, 4.69) is 27.0 Å². The van der Waals surface area contributed by atoms with Gasteiger partial charge in [-0.15, -0.1) is 0 Å². The second-order valence-corrected chi connectivity index (χ2v) is 13.1. The van der Waals surface area contributed by atoms with Gasteiger partial charge < -0.3 is 20.9 Å². The number of amides is 3. The van der Waals surface area contributed by atoms with Crippen LogP contribution in [0.15, 0.2) is 60.8 Å². The topological polar surface area (TPSA) is 127 Å². The van der Waals surface area contributed by atoms with Crippen LogP contribution in [-0.4, -0.2) is 52.3 Å². The number of para-hydroxylation sites is 2. The minimum atomic E-state index is -0.982. The second-order valence-electron chi connectivity index (χ2n) is 13.1. The second kappa shape index (κ2) is 10.4. The van der Waals surface area contributed by atoms with Crippen LogP contribution < -0.4 is 16.0 Å². The summed E-state index contributed by atoms with van der Waals surface area (Å²) in [6, 6.07) is 17.3. The lowest BCUT2D eigenvalue weighted by Crippen LogP contribution is -2.55. The van der Waals surface area contributed by atoms with Crippen molar-refractivity contribution in [1.82, 2.24) is 15.2 Å². The van der Waals surface area contributed by atoms with Crippen LogP contribution in [0.25, 0.3) is 10.9 Å². The zero-order valence-electron chi connectivity index (χ0n) is 24.2. The van der Waals surface area contributed by atoms with E-state index in [0.717, 1.165) is 40.7 Å². The highest BCUT2D eigenvalue weighted by Crippen LogP contribution is 2.46. The molecule has 3 N–H and O–H groups in total. The molecule has 0 radical (unpaired) electrons. The van der Waals surface area contributed by atoms with Gasteiger partial charge in [-0.25, -0.2) is 0 Å². The van der Waals surface area contributed by atoms with E-state index in [0.29, 0.717) is 6.42 Å². The number of aromatic nitrogens is 1. The van der Waals surface area contributed by atoms with E-state index in [4.69, 9.17) is 0 Å². The number of rotatable bonds is 7. The standard InChI is InChI=1S/C33H36N6O3/c1-32(2,3)16-27(30(41)39-19-33(15-23(39)17-34)24-9-5-7-11-26(24)38-31(33)42)37-29(40)28(20-12-13-20)36-22-14-21-8-4-6-10-25(21)35-18-22/h4-11,14,18,20,23,27-28,36H,12-13,15-16,19H2,1-3H3,(H,37,40)(H,38,42)/t23-,27-,28-,33-/m0/s1. The summed E-state index contributed by atoms with van der Waals surface area (Å²) < 4.78 is 0. The maximum absolute atomic E-state index is 14.2. The smallest absolute Gasteiger partial charge is 0.246 e. The number of benzene rings is 2. The molecule has 2 aliphatic heterocycles. The van der Waals surface area contributed by atoms with E-state index in [1.807, 2.05) is 75.4 Å². The molecule has 6 rings (SSSR count). The number of carbonyl (C=O) groups is 3. The molecule has 9 heteroatoms. The van der Waals surface area contributed by atoms with Gasteiger partial charge in [0.25, 0.3) is 0 Å². The molecule has 1 spiro atoms. The molecule has 1 saturated carbocycles. The summed E-state index contributed by atoms with van der Waals surface area (Å²) in [7, 11) is 0. The zero-order valence-corrected chi connectivity index (χ0v) is 24.2. The Morgan fingerprint density at radius 2 is 1.90 bits per heavy atom. The van der Waals surface area contributed by atoms with Crippen molar-refractivity contribution in [3.05, 3.63) is 66.4 Å². The van der Waals surface area contributed by atoms with Gasteiger partial charge in [-0.3, -0.25) is 19.4 Å². The van der Waals surface area contributed by atoms with E-state index in [1.165, 1.54) is 4.90 Å². The predicted octanol–water partition coefficient (Wildman–Crippen LogP) is 4.36. The molecule has 42 heavy (non-hydrogen) atoms. The van der Waals surface area contributed by atoms with Crippen molar-refractivity contribution < 1.29 is 14.4 Å². The van der Waals surface area contributed by atoms with Gasteiger partial charge in [-0.05, 0) is 54.4 Å². The summed E-state index contributed by atoms with van der Waals surface area (Å²) in [5.41, 5.74) is 1.88. The maximum Gasteiger partial charge on any atom is 0.246 e. The number of hydrogen-bond donors (Lipinski definition) is 3. The number of nitriles is 1. The Balaban J connectivity index is 1.25. The quantitative estimate of drug-likeness (QED) is 0.391. The largest absolute Gasteiger partial charge is 0.372 e. The summed E-state index contributed by atoms with van der Waals surface area (Å²) in [5.74, 6) is -0.625. The molecule has 1 aliphatic carbocycles. The van der Waals surface area contributed by atoms with Crippen molar-refractivity contribution in [2.24, 2.45) is 11.3 Å². The summed E-state index contributed by atoms with van der Waals surface area (Å²) in [4.78, 5) is 47.3. The first-order valence-corrected chi connectivity index (χ1v) is 14.6. The Kier molecular flexibility index (Phi) is 6.88. The van der Waals surface area contributed by atoms with Crippen molar-refractivity contribution in [1.29, 1.82) is 5.26 Å². The minimum absolute atomic E-state index is 0.0937. The number of likely N-dealkylation sites (tertiary alicyclic amines) is 1. The first-order chi connectivity index (χ1) is 20.1. The molecule has 2 fully saturated rings. The van der Waals surface area contributed by atoms with Gasteiger partial charge in [0.05, 0.1) is 28.9 Å². The van der Waals surface area contributed by atoms with Crippen LogP contribution in [-0.2, 0) is 19.8 Å². The molecule has 3 aliphatic rings. The van der Waals surface area contributed by atoms with Gasteiger partial charge in [-0.2, -0.15) is 5.26 Å². The third-order valence-electron chi connectivity index (χ3n) is 8.64. The Bertz CT molecular complexity index is 1600. The van der Waals surface area contributed by atoms with Gasteiger partial charge in [0, 0.05) is 24.0 Å². The number of fused-ring (bicyclic) bond motifs is 3. The molecule has 1 saturated heterocycles. The molecule has 216 valence electrons. The van der Waals surface area contributed by atoms with Crippen LogP contribution in [0, 0.1) is 22.7 Å². The van der Waals surface area contributed by atoms with Crippen molar-refractivity contribution >= 4 is 40.0 Å². The van der Waals surface area contributed by atoms with Gasteiger partial charge in [0.1, 0.15) is 18.1 Å². The first-order valence-electron chi connectivity index (χ1n) is 14.6. The van der Waals surface area contributed by atoms with Crippen molar-refractivity contribution in [2.75, 3.05) is 17.2 Å². The van der Waals surface area contributed by atoms with E-state index >= 15 is 0 Å². The molecule has 3 heterocycles. The molecule has 0 unspecified atom stereocenters. The van der Waals surface area contributed by atoms with Crippen molar-refractivity contribution in [3.63, 3.8) is 0 Å². The monoisotopic (exact) mass is 564 g/mol. The third-order valence-corrected chi connectivity index (χ3v) is 8.64. The number of nitrogens with zero attached hydrogens (tertiary/aromatic N) is 3. The van der Waals surface area contributed by atoms with Crippen molar-refractivity contribution in [2.45, 2.75) is 70.0 Å². The Hall–Kier alpha value is -4.45. The summed E-state index contributed by atoms with van der Waals surface area (Å²) in [6.45, 7) is 6.15. The minimum Gasteiger partial charge on any atom is -0.372 e. The van der Waals surface area contributed by atoms with Gasteiger partial charge >= 0.3 is 0 Å². The van der Waals surface area contributed by atoms with E-state index in [-0.39, 0.29) is 42.0 Å². The van der Waals surface area contributed by atoms with Gasteiger partial charge in [0.2, 0.25) is 17.7 Å². The molecular formula is C33H36N6O3. The lowest BCUT2D eigenvalue weighted by Gasteiger charge is -2.32. The zero-order chi connectivity index (χ0) is 29.6.